The van der Waals surface area contributed by atoms with Gasteiger partial charge in [-0.05, 0) is 51.0 Å². The Bertz CT molecular complexity index is 983. The second-order valence-corrected chi connectivity index (χ2v) is 9.43. The van der Waals surface area contributed by atoms with E-state index < -0.39 is 0 Å². The Morgan fingerprint density at radius 3 is 2.72 bits per heavy atom. The number of carbonyl (C=O) groups excluding carboxylic acids is 2. The molecule has 3 aliphatic rings. The highest BCUT2D eigenvalue weighted by Gasteiger charge is 2.35. The molecular weight excluding hydrogens is 404 g/mol. The second-order valence-electron chi connectivity index (χ2n) is 9.43. The van der Waals surface area contributed by atoms with Gasteiger partial charge in [0.25, 0.3) is 0 Å². The fraction of sp³-hybridized carbons (Fsp3) is 0.625. The highest BCUT2D eigenvalue weighted by atomic mass is 16.2. The van der Waals surface area contributed by atoms with Crippen molar-refractivity contribution >= 4 is 17.6 Å². The number of rotatable bonds is 5. The molecule has 0 aromatic carbocycles. The molecule has 32 heavy (non-hydrogen) atoms. The molecule has 1 aliphatic carbocycles. The quantitative estimate of drug-likeness (QED) is 0.719. The van der Waals surface area contributed by atoms with Gasteiger partial charge in [0.1, 0.15) is 12.4 Å². The molecule has 2 aliphatic heterocycles. The molecule has 8 nitrogen and oxygen atoms in total. The van der Waals surface area contributed by atoms with Crippen LogP contribution in [0.5, 0.6) is 0 Å². The topological polar surface area (TPSA) is 84.2 Å². The van der Waals surface area contributed by atoms with Crippen LogP contribution in [0.4, 0.5) is 5.82 Å². The zero-order chi connectivity index (χ0) is 22.1. The predicted molar refractivity (Wildman–Crippen MR) is 120 cm³/mol. The van der Waals surface area contributed by atoms with Gasteiger partial charge in [0.15, 0.2) is 5.82 Å². The molecule has 2 fully saturated rings. The summed E-state index contributed by atoms with van der Waals surface area (Å²) in [6.45, 7) is 3.70. The van der Waals surface area contributed by atoms with Crippen molar-refractivity contribution in [2.75, 3.05) is 18.0 Å². The van der Waals surface area contributed by atoms with Gasteiger partial charge in [-0.15, -0.1) is 0 Å². The highest BCUT2D eigenvalue weighted by molar-refractivity contribution is 5.95. The molecule has 170 valence electrons. The maximum Gasteiger partial charge on any atom is 0.244 e. The van der Waals surface area contributed by atoms with E-state index in [4.69, 9.17) is 9.97 Å². The normalized spacial score (nSPS) is 21.8. The van der Waals surface area contributed by atoms with Crippen molar-refractivity contribution in [1.82, 2.24) is 24.6 Å². The molecule has 0 N–H and O–H groups in total. The molecule has 5 rings (SSSR count). The smallest absolute Gasteiger partial charge is 0.244 e. The van der Waals surface area contributed by atoms with E-state index in [2.05, 4.69) is 5.10 Å². The first-order valence-corrected chi connectivity index (χ1v) is 12.0. The summed E-state index contributed by atoms with van der Waals surface area (Å²) >= 11 is 0. The molecule has 1 saturated heterocycles. The first-order chi connectivity index (χ1) is 15.6. The van der Waals surface area contributed by atoms with Crippen LogP contribution in [0.15, 0.2) is 18.5 Å². The largest absolute Gasteiger partial charge is 0.331 e. The van der Waals surface area contributed by atoms with Crippen LogP contribution in [0.25, 0.3) is 0 Å². The zero-order valence-electron chi connectivity index (χ0n) is 18.9. The SMILES string of the molecule is Cc1nc([C@@H]2CCCN2C(=O)Cn2cccn2)nc2c1CCC(=O)N2CC1CCCCC1. The molecular formula is C24H32N6O2. The third kappa shape index (κ3) is 4.14. The third-order valence-corrected chi connectivity index (χ3v) is 7.25. The number of carbonyl (C=O) groups is 2. The minimum Gasteiger partial charge on any atom is -0.331 e. The van der Waals surface area contributed by atoms with E-state index in [1.165, 1.54) is 32.1 Å². The Kier molecular flexibility index (Phi) is 5.93. The Labute approximate surface area is 189 Å². The standard InChI is InChI=1S/C24H32N6O2/c1-17-19-10-11-21(31)30(15-18-7-3-2-4-8-18)24(19)27-23(26-17)20-9-5-14-29(20)22(32)16-28-13-6-12-25-28/h6,12-13,18,20H,2-5,7-11,14-16H2,1H3/t20-/m0/s1. The summed E-state index contributed by atoms with van der Waals surface area (Å²) in [5.74, 6) is 2.23. The summed E-state index contributed by atoms with van der Waals surface area (Å²) in [6.07, 6.45) is 12.7. The Hall–Kier alpha value is -2.77. The number of aryl methyl sites for hydroxylation is 1. The van der Waals surface area contributed by atoms with Crippen molar-refractivity contribution in [1.29, 1.82) is 0 Å². The average Bonchev–Trinajstić information content (AvgIpc) is 3.48. The van der Waals surface area contributed by atoms with Crippen molar-refractivity contribution in [3.63, 3.8) is 0 Å². The van der Waals surface area contributed by atoms with Gasteiger partial charge >= 0.3 is 0 Å². The van der Waals surface area contributed by atoms with Crippen molar-refractivity contribution in [2.24, 2.45) is 5.92 Å². The van der Waals surface area contributed by atoms with E-state index >= 15 is 0 Å². The second kappa shape index (κ2) is 9.00. The number of aromatic nitrogens is 4. The van der Waals surface area contributed by atoms with Crippen LogP contribution in [0, 0.1) is 12.8 Å². The van der Waals surface area contributed by atoms with E-state index in [0.717, 1.165) is 36.5 Å². The van der Waals surface area contributed by atoms with E-state index in [9.17, 15) is 9.59 Å². The lowest BCUT2D eigenvalue weighted by molar-refractivity contribution is -0.133. The minimum atomic E-state index is -0.143. The van der Waals surface area contributed by atoms with E-state index in [0.29, 0.717) is 31.1 Å². The Morgan fingerprint density at radius 1 is 1.09 bits per heavy atom. The Balaban J connectivity index is 1.42. The number of hydrogen-bond acceptors (Lipinski definition) is 5. The minimum absolute atomic E-state index is 0.0327. The molecule has 4 heterocycles. The number of fused-ring (bicyclic) bond motifs is 1. The maximum atomic E-state index is 13.0. The van der Waals surface area contributed by atoms with Gasteiger partial charge in [0, 0.05) is 43.2 Å². The summed E-state index contributed by atoms with van der Waals surface area (Å²) in [7, 11) is 0. The predicted octanol–water partition coefficient (Wildman–Crippen LogP) is 3.20. The number of nitrogens with zero attached hydrogens (tertiary/aromatic N) is 6. The molecule has 0 spiro atoms. The Morgan fingerprint density at radius 2 is 1.94 bits per heavy atom. The lowest BCUT2D eigenvalue weighted by Gasteiger charge is -2.34. The third-order valence-electron chi connectivity index (χ3n) is 7.25. The first-order valence-electron chi connectivity index (χ1n) is 12.0. The summed E-state index contributed by atoms with van der Waals surface area (Å²) in [5, 5.41) is 4.16. The van der Waals surface area contributed by atoms with Crippen LogP contribution in [-0.2, 0) is 22.6 Å². The first kappa shape index (κ1) is 21.1. The monoisotopic (exact) mass is 436 g/mol. The van der Waals surface area contributed by atoms with Gasteiger partial charge in [-0.2, -0.15) is 5.10 Å². The van der Waals surface area contributed by atoms with Crippen LogP contribution in [0.3, 0.4) is 0 Å². The summed E-state index contributed by atoms with van der Waals surface area (Å²) in [5.41, 5.74) is 2.04. The van der Waals surface area contributed by atoms with Gasteiger partial charge in [0.05, 0.1) is 6.04 Å². The maximum absolute atomic E-state index is 13.0. The lowest BCUT2D eigenvalue weighted by Crippen LogP contribution is -2.41. The molecule has 1 atom stereocenters. The van der Waals surface area contributed by atoms with Gasteiger partial charge < -0.3 is 4.90 Å². The van der Waals surface area contributed by atoms with Crippen molar-refractivity contribution in [3.8, 4) is 0 Å². The zero-order valence-corrected chi connectivity index (χ0v) is 18.9. The number of hydrogen-bond donors (Lipinski definition) is 0. The lowest BCUT2D eigenvalue weighted by atomic mass is 9.88. The highest BCUT2D eigenvalue weighted by Crippen LogP contribution is 2.36. The number of likely N-dealkylation sites (tertiary alicyclic amines) is 1. The molecule has 2 aromatic rings. The molecule has 2 amide bonds. The number of amides is 2. The van der Waals surface area contributed by atoms with Gasteiger partial charge in [-0.3, -0.25) is 19.2 Å². The molecule has 0 radical (unpaired) electrons. The van der Waals surface area contributed by atoms with Crippen LogP contribution in [0.2, 0.25) is 0 Å². The van der Waals surface area contributed by atoms with Crippen LogP contribution in [0.1, 0.15) is 74.5 Å². The fourth-order valence-electron chi connectivity index (χ4n) is 5.53. The molecule has 2 aromatic heterocycles. The molecule has 8 heteroatoms. The summed E-state index contributed by atoms with van der Waals surface area (Å²) < 4.78 is 1.65. The van der Waals surface area contributed by atoms with Gasteiger partial charge in [-0.1, -0.05) is 19.3 Å². The number of anilines is 1. The van der Waals surface area contributed by atoms with Gasteiger partial charge in [-0.25, -0.2) is 9.97 Å². The average molecular weight is 437 g/mol. The van der Waals surface area contributed by atoms with Crippen LogP contribution < -0.4 is 4.90 Å². The van der Waals surface area contributed by atoms with Crippen molar-refractivity contribution < 1.29 is 9.59 Å². The van der Waals surface area contributed by atoms with Crippen LogP contribution in [-0.4, -0.2) is 49.6 Å². The molecule has 1 saturated carbocycles. The van der Waals surface area contributed by atoms with Crippen LogP contribution >= 0.6 is 0 Å². The van der Waals surface area contributed by atoms with E-state index in [1.807, 2.05) is 22.8 Å². The van der Waals surface area contributed by atoms with Crippen molar-refractivity contribution in [2.45, 2.75) is 77.3 Å². The van der Waals surface area contributed by atoms with E-state index in [-0.39, 0.29) is 24.4 Å². The van der Waals surface area contributed by atoms with Crippen molar-refractivity contribution in [3.05, 3.63) is 35.5 Å². The molecule has 0 unspecified atom stereocenters. The fourth-order valence-corrected chi connectivity index (χ4v) is 5.53. The van der Waals surface area contributed by atoms with E-state index in [1.54, 1.807) is 17.1 Å². The summed E-state index contributed by atoms with van der Waals surface area (Å²) in [6, 6.07) is 1.68. The van der Waals surface area contributed by atoms with Gasteiger partial charge in [0.2, 0.25) is 11.8 Å². The summed E-state index contributed by atoms with van der Waals surface area (Å²) in [4.78, 5) is 39.5. The molecule has 0 bridgehead atoms.